The van der Waals surface area contributed by atoms with Gasteiger partial charge in [-0.3, -0.25) is 9.58 Å². The molecule has 2 aromatic heterocycles. The van der Waals surface area contributed by atoms with Crippen molar-refractivity contribution in [2.24, 2.45) is 0 Å². The lowest BCUT2D eigenvalue weighted by Crippen LogP contribution is -2.36. The Labute approximate surface area is 145 Å². The smallest absolute Gasteiger partial charge is 0.338 e. The fraction of sp³-hybridized carbons (Fsp3) is 0.368. The maximum atomic E-state index is 11.1. The molecule has 0 aliphatic carbocycles. The summed E-state index contributed by atoms with van der Waals surface area (Å²) in [5.74, 6) is 0.0370. The molecule has 1 unspecified atom stereocenters. The molecular weight excluding hydrogens is 318 g/mol. The molecule has 1 N–H and O–H groups in total. The van der Waals surface area contributed by atoms with Gasteiger partial charge in [0.2, 0.25) is 0 Å². The lowest BCUT2D eigenvalue weighted by molar-refractivity contribution is 0.0696. The Balaban J connectivity index is 1.53. The molecule has 1 aromatic carbocycles. The normalized spacial score (nSPS) is 18.7. The van der Waals surface area contributed by atoms with Gasteiger partial charge in [-0.05, 0) is 32.4 Å². The lowest BCUT2D eigenvalue weighted by Gasteiger charge is -2.32. The Morgan fingerprint density at radius 2 is 2.24 bits per heavy atom. The molecule has 0 radical (unpaired) electrons. The highest BCUT2D eigenvalue weighted by molar-refractivity contribution is 5.86. The maximum Gasteiger partial charge on any atom is 0.338 e. The second-order valence-corrected chi connectivity index (χ2v) is 6.68. The van der Waals surface area contributed by atoms with Crippen LogP contribution in [-0.2, 0) is 6.54 Å². The molecule has 6 heteroatoms. The zero-order valence-corrected chi connectivity index (χ0v) is 14.2. The molecule has 0 spiro atoms. The lowest BCUT2D eigenvalue weighted by atomic mass is 10.0. The number of likely N-dealkylation sites (tertiary alicyclic amines) is 1. The van der Waals surface area contributed by atoms with Crippen LogP contribution in [0.3, 0.4) is 0 Å². The number of hydrogen-bond donors (Lipinski definition) is 1. The highest BCUT2D eigenvalue weighted by Crippen LogP contribution is 2.29. The van der Waals surface area contributed by atoms with Crippen molar-refractivity contribution in [2.45, 2.75) is 32.4 Å². The van der Waals surface area contributed by atoms with Gasteiger partial charge in [0, 0.05) is 30.2 Å². The van der Waals surface area contributed by atoms with E-state index in [1.165, 1.54) is 17.1 Å². The van der Waals surface area contributed by atoms with Gasteiger partial charge in [-0.2, -0.15) is 5.10 Å². The SMILES string of the molecule is Cc1oc2ccccc2c1CN1CCCC(n2cc(C(=O)O)cn2)C1. The minimum Gasteiger partial charge on any atom is -0.478 e. The number of para-hydroxylation sites is 1. The van der Waals surface area contributed by atoms with Crippen LogP contribution in [0.1, 0.15) is 40.6 Å². The number of benzene rings is 1. The van der Waals surface area contributed by atoms with Crippen LogP contribution in [0.4, 0.5) is 0 Å². The Bertz CT molecular complexity index is 912. The van der Waals surface area contributed by atoms with Crippen LogP contribution < -0.4 is 0 Å². The highest BCUT2D eigenvalue weighted by atomic mass is 16.4. The number of carboxylic acid groups (broad SMARTS) is 1. The maximum absolute atomic E-state index is 11.1. The molecule has 1 atom stereocenters. The number of nitrogens with zero attached hydrogens (tertiary/aromatic N) is 3. The molecule has 1 aliphatic heterocycles. The van der Waals surface area contributed by atoms with Crippen molar-refractivity contribution < 1.29 is 14.3 Å². The quantitative estimate of drug-likeness (QED) is 0.788. The summed E-state index contributed by atoms with van der Waals surface area (Å²) < 4.78 is 7.67. The van der Waals surface area contributed by atoms with Gasteiger partial charge < -0.3 is 9.52 Å². The van der Waals surface area contributed by atoms with E-state index in [0.717, 1.165) is 43.8 Å². The van der Waals surface area contributed by atoms with Gasteiger partial charge in [0.15, 0.2) is 0 Å². The van der Waals surface area contributed by atoms with Gasteiger partial charge >= 0.3 is 5.97 Å². The molecule has 4 rings (SSSR count). The number of carbonyl (C=O) groups is 1. The van der Waals surface area contributed by atoms with E-state index in [0.29, 0.717) is 0 Å². The summed E-state index contributed by atoms with van der Waals surface area (Å²) in [6, 6.07) is 8.35. The summed E-state index contributed by atoms with van der Waals surface area (Å²) in [5.41, 5.74) is 2.42. The predicted molar refractivity (Wildman–Crippen MR) is 93.7 cm³/mol. The number of aromatic carboxylic acids is 1. The van der Waals surface area contributed by atoms with E-state index in [1.807, 2.05) is 25.1 Å². The first-order valence-corrected chi connectivity index (χ1v) is 8.58. The van der Waals surface area contributed by atoms with Gasteiger partial charge in [0.1, 0.15) is 11.3 Å². The highest BCUT2D eigenvalue weighted by Gasteiger charge is 2.24. The minimum atomic E-state index is -0.931. The van der Waals surface area contributed by atoms with Gasteiger partial charge in [-0.15, -0.1) is 0 Å². The summed E-state index contributed by atoms with van der Waals surface area (Å²) in [6.45, 7) is 4.75. The zero-order chi connectivity index (χ0) is 17.4. The fourth-order valence-corrected chi connectivity index (χ4v) is 3.68. The molecule has 130 valence electrons. The Morgan fingerprint density at radius 1 is 1.40 bits per heavy atom. The van der Waals surface area contributed by atoms with Crippen molar-refractivity contribution in [3.63, 3.8) is 0 Å². The van der Waals surface area contributed by atoms with E-state index >= 15 is 0 Å². The van der Waals surface area contributed by atoms with Crippen LogP contribution in [0.5, 0.6) is 0 Å². The van der Waals surface area contributed by atoms with E-state index in [1.54, 1.807) is 10.9 Å². The number of rotatable bonds is 4. The average molecular weight is 339 g/mol. The number of aromatic nitrogens is 2. The Hall–Kier alpha value is -2.60. The van der Waals surface area contributed by atoms with Gasteiger partial charge in [-0.1, -0.05) is 18.2 Å². The third-order valence-electron chi connectivity index (χ3n) is 4.99. The minimum absolute atomic E-state index is 0.209. The average Bonchev–Trinajstić information content (AvgIpc) is 3.21. The monoisotopic (exact) mass is 339 g/mol. The van der Waals surface area contributed by atoms with Crippen molar-refractivity contribution in [3.8, 4) is 0 Å². The molecule has 0 amide bonds. The van der Waals surface area contributed by atoms with Crippen molar-refractivity contribution >= 4 is 16.9 Å². The second kappa shape index (κ2) is 6.37. The van der Waals surface area contributed by atoms with Crippen LogP contribution in [0.25, 0.3) is 11.0 Å². The number of carboxylic acids is 1. The van der Waals surface area contributed by atoms with Crippen LogP contribution >= 0.6 is 0 Å². The number of hydrogen-bond acceptors (Lipinski definition) is 4. The van der Waals surface area contributed by atoms with E-state index < -0.39 is 5.97 Å². The topological polar surface area (TPSA) is 71.5 Å². The van der Waals surface area contributed by atoms with Crippen LogP contribution in [-0.4, -0.2) is 38.8 Å². The van der Waals surface area contributed by atoms with E-state index in [9.17, 15) is 4.79 Å². The van der Waals surface area contributed by atoms with Crippen LogP contribution in [0.2, 0.25) is 0 Å². The Morgan fingerprint density at radius 3 is 3.04 bits per heavy atom. The third-order valence-corrected chi connectivity index (χ3v) is 4.99. The molecule has 1 aliphatic rings. The number of fused-ring (bicyclic) bond motifs is 1. The van der Waals surface area contributed by atoms with Crippen LogP contribution in [0, 0.1) is 6.92 Å². The summed E-state index contributed by atoms with van der Waals surface area (Å²) >= 11 is 0. The standard InChI is InChI=1S/C19H21N3O3/c1-13-17(16-6-2-3-7-18(16)25-13)12-21-8-4-5-15(11-21)22-10-14(9-20-22)19(23)24/h2-3,6-7,9-10,15H,4-5,8,11-12H2,1H3,(H,23,24). The first-order valence-electron chi connectivity index (χ1n) is 8.58. The number of aryl methyl sites for hydroxylation is 1. The predicted octanol–water partition coefficient (Wildman–Crippen LogP) is 3.47. The first-order chi connectivity index (χ1) is 12.1. The Kier molecular flexibility index (Phi) is 4.05. The molecule has 6 nitrogen and oxygen atoms in total. The molecule has 1 saturated heterocycles. The van der Waals surface area contributed by atoms with Gasteiger partial charge in [0.05, 0.1) is 17.8 Å². The molecule has 1 fully saturated rings. The summed E-state index contributed by atoms with van der Waals surface area (Å²) in [7, 11) is 0. The van der Waals surface area contributed by atoms with Gasteiger partial charge in [0.25, 0.3) is 0 Å². The number of piperidine rings is 1. The second-order valence-electron chi connectivity index (χ2n) is 6.68. The summed E-state index contributed by atoms with van der Waals surface area (Å²) in [6.07, 6.45) is 5.15. The summed E-state index contributed by atoms with van der Waals surface area (Å²) in [4.78, 5) is 13.5. The molecule has 3 aromatic rings. The zero-order valence-electron chi connectivity index (χ0n) is 14.2. The van der Waals surface area contributed by atoms with Crippen molar-refractivity contribution in [3.05, 3.63) is 53.5 Å². The molecule has 0 bridgehead atoms. The van der Waals surface area contributed by atoms with E-state index in [-0.39, 0.29) is 11.6 Å². The third kappa shape index (κ3) is 3.05. The summed E-state index contributed by atoms with van der Waals surface area (Å²) in [5, 5.41) is 14.5. The van der Waals surface area contributed by atoms with E-state index in [4.69, 9.17) is 9.52 Å². The van der Waals surface area contributed by atoms with Crippen LogP contribution in [0.15, 0.2) is 41.1 Å². The molecule has 0 saturated carbocycles. The van der Waals surface area contributed by atoms with Gasteiger partial charge in [-0.25, -0.2) is 4.79 Å². The van der Waals surface area contributed by atoms with Crippen molar-refractivity contribution in [1.29, 1.82) is 0 Å². The number of furan rings is 1. The first kappa shape index (κ1) is 15.9. The van der Waals surface area contributed by atoms with Crippen molar-refractivity contribution in [2.75, 3.05) is 13.1 Å². The molecule has 3 heterocycles. The fourth-order valence-electron chi connectivity index (χ4n) is 3.68. The van der Waals surface area contributed by atoms with Crippen molar-refractivity contribution in [1.82, 2.24) is 14.7 Å². The largest absolute Gasteiger partial charge is 0.478 e. The van der Waals surface area contributed by atoms with E-state index in [2.05, 4.69) is 16.1 Å². The molecular formula is C19H21N3O3. The molecule has 25 heavy (non-hydrogen) atoms.